The van der Waals surface area contributed by atoms with Gasteiger partial charge in [0.1, 0.15) is 0 Å². The average molecular weight is 340 g/mol. The molecule has 0 spiro atoms. The summed E-state index contributed by atoms with van der Waals surface area (Å²) in [5.41, 5.74) is 1.20. The highest BCUT2D eigenvalue weighted by molar-refractivity contribution is 7.99. The summed E-state index contributed by atoms with van der Waals surface area (Å²) in [4.78, 5) is 2.05. The molecule has 1 N–H and O–H groups in total. The minimum atomic E-state index is 0.649. The van der Waals surface area contributed by atoms with E-state index in [1.54, 1.807) is 11.8 Å². The van der Waals surface area contributed by atoms with Gasteiger partial charge in [-0.1, -0.05) is 67.0 Å². The van der Waals surface area contributed by atoms with Crippen LogP contribution in [0.2, 0.25) is 10.0 Å². The maximum Gasteiger partial charge on any atom is 0.0548 e. The Balaban J connectivity index is 2.04. The molecule has 0 aliphatic rings. The fraction of sp³-hybridized carbons (Fsp3) is 0.294. The number of nitrogens with one attached hydrogen (secondary N) is 1. The lowest BCUT2D eigenvalue weighted by Gasteiger charge is -2.10. The largest absolute Gasteiger partial charge is 0.312 e. The highest BCUT2D eigenvalue weighted by Crippen LogP contribution is 2.37. The van der Waals surface area contributed by atoms with Gasteiger partial charge in [0.15, 0.2) is 0 Å². The lowest BCUT2D eigenvalue weighted by atomic mass is 10.2. The molecule has 0 aliphatic carbocycles. The summed E-state index contributed by atoms with van der Waals surface area (Å²) in [5.74, 6) is 0.649. The van der Waals surface area contributed by atoms with E-state index in [4.69, 9.17) is 23.2 Å². The van der Waals surface area contributed by atoms with E-state index in [-0.39, 0.29) is 0 Å². The van der Waals surface area contributed by atoms with E-state index < -0.39 is 0 Å². The van der Waals surface area contributed by atoms with Crippen molar-refractivity contribution in [1.29, 1.82) is 0 Å². The van der Waals surface area contributed by atoms with Gasteiger partial charge in [-0.05, 0) is 42.3 Å². The summed E-state index contributed by atoms with van der Waals surface area (Å²) in [6, 6.07) is 14.0. The van der Waals surface area contributed by atoms with Gasteiger partial charge in [-0.2, -0.15) is 0 Å². The van der Waals surface area contributed by atoms with Crippen molar-refractivity contribution in [3.63, 3.8) is 0 Å². The van der Waals surface area contributed by atoms with Crippen molar-refractivity contribution in [2.24, 2.45) is 5.92 Å². The molecule has 0 aromatic heterocycles. The second kappa shape index (κ2) is 8.09. The Labute approximate surface area is 141 Å². The first kappa shape index (κ1) is 16.7. The van der Waals surface area contributed by atoms with Crippen LogP contribution in [0.5, 0.6) is 0 Å². The average Bonchev–Trinajstić information content (AvgIpc) is 2.43. The first-order valence-electron chi connectivity index (χ1n) is 6.98. The molecule has 112 valence electrons. The minimum absolute atomic E-state index is 0.649. The number of hydrogen-bond acceptors (Lipinski definition) is 2. The Kier molecular flexibility index (Phi) is 6.43. The van der Waals surface area contributed by atoms with Gasteiger partial charge in [-0.25, -0.2) is 0 Å². The predicted octanol–water partition coefficient (Wildman–Crippen LogP) is 5.89. The fourth-order valence-corrected chi connectivity index (χ4v) is 3.30. The third-order valence-electron chi connectivity index (χ3n) is 2.93. The molecule has 0 radical (unpaired) electrons. The van der Waals surface area contributed by atoms with Crippen LogP contribution in [0.25, 0.3) is 0 Å². The first-order chi connectivity index (χ1) is 10.1. The van der Waals surface area contributed by atoms with Crippen LogP contribution in [0.4, 0.5) is 0 Å². The highest BCUT2D eigenvalue weighted by atomic mass is 35.5. The van der Waals surface area contributed by atoms with Crippen molar-refractivity contribution in [2.45, 2.75) is 30.2 Å². The van der Waals surface area contributed by atoms with Crippen molar-refractivity contribution >= 4 is 35.0 Å². The van der Waals surface area contributed by atoms with Gasteiger partial charge < -0.3 is 5.32 Å². The zero-order valence-electron chi connectivity index (χ0n) is 12.2. The molecular formula is C17H19Cl2NS. The van der Waals surface area contributed by atoms with Gasteiger partial charge in [0, 0.05) is 16.3 Å². The summed E-state index contributed by atoms with van der Waals surface area (Å²) < 4.78 is 0. The molecule has 0 unspecified atom stereocenters. The van der Waals surface area contributed by atoms with Crippen molar-refractivity contribution in [3.8, 4) is 0 Å². The lowest BCUT2D eigenvalue weighted by Crippen LogP contribution is -2.18. The summed E-state index contributed by atoms with van der Waals surface area (Å²) in [6.45, 7) is 6.25. The van der Waals surface area contributed by atoms with E-state index in [0.717, 1.165) is 32.9 Å². The van der Waals surface area contributed by atoms with Crippen LogP contribution in [0, 0.1) is 5.92 Å². The number of hydrogen-bond donors (Lipinski definition) is 1. The SMILES string of the molecule is CC(C)CNCc1ccc(Sc2ccccc2Cl)c(Cl)c1. The van der Waals surface area contributed by atoms with E-state index in [2.05, 4.69) is 31.3 Å². The second-order valence-corrected chi connectivity index (χ2v) is 7.22. The molecule has 0 saturated heterocycles. The summed E-state index contributed by atoms with van der Waals surface area (Å²) in [5, 5.41) is 4.94. The van der Waals surface area contributed by atoms with Crippen molar-refractivity contribution in [3.05, 3.63) is 58.1 Å². The fourth-order valence-electron chi connectivity index (χ4n) is 1.89. The van der Waals surface area contributed by atoms with Crippen LogP contribution >= 0.6 is 35.0 Å². The zero-order valence-corrected chi connectivity index (χ0v) is 14.5. The van der Waals surface area contributed by atoms with Crippen LogP contribution < -0.4 is 5.32 Å². The quantitative estimate of drug-likeness (QED) is 0.704. The number of benzene rings is 2. The molecule has 2 aromatic carbocycles. The van der Waals surface area contributed by atoms with Gasteiger partial charge in [-0.3, -0.25) is 0 Å². The van der Waals surface area contributed by atoms with Gasteiger partial charge in [-0.15, -0.1) is 0 Å². The molecule has 0 fully saturated rings. The molecule has 2 rings (SSSR count). The molecule has 0 amide bonds. The standard InChI is InChI=1S/C17H19Cl2NS/c1-12(2)10-20-11-13-7-8-17(15(19)9-13)21-16-6-4-3-5-14(16)18/h3-9,12,20H,10-11H2,1-2H3. The van der Waals surface area contributed by atoms with Crippen LogP contribution in [0.3, 0.4) is 0 Å². The molecule has 0 aliphatic heterocycles. The van der Waals surface area contributed by atoms with Crippen LogP contribution in [0.15, 0.2) is 52.3 Å². The predicted molar refractivity (Wildman–Crippen MR) is 93.6 cm³/mol. The topological polar surface area (TPSA) is 12.0 Å². The second-order valence-electron chi connectivity index (χ2n) is 5.32. The molecular weight excluding hydrogens is 321 g/mol. The molecule has 0 saturated carbocycles. The van der Waals surface area contributed by atoms with Crippen molar-refractivity contribution in [2.75, 3.05) is 6.54 Å². The van der Waals surface area contributed by atoms with Gasteiger partial charge in [0.05, 0.1) is 10.0 Å². The first-order valence-corrected chi connectivity index (χ1v) is 8.55. The van der Waals surface area contributed by atoms with E-state index in [1.807, 2.05) is 30.3 Å². The van der Waals surface area contributed by atoms with Crippen molar-refractivity contribution in [1.82, 2.24) is 5.32 Å². The smallest absolute Gasteiger partial charge is 0.0548 e. The van der Waals surface area contributed by atoms with E-state index in [9.17, 15) is 0 Å². The van der Waals surface area contributed by atoms with Crippen LogP contribution in [-0.4, -0.2) is 6.54 Å². The third-order valence-corrected chi connectivity index (χ3v) is 4.95. The Bertz CT molecular complexity index is 599. The van der Waals surface area contributed by atoms with E-state index in [1.165, 1.54) is 5.56 Å². The third kappa shape index (κ3) is 5.23. The van der Waals surface area contributed by atoms with Gasteiger partial charge in [0.25, 0.3) is 0 Å². The van der Waals surface area contributed by atoms with Crippen LogP contribution in [-0.2, 0) is 6.54 Å². The zero-order chi connectivity index (χ0) is 15.2. The summed E-state index contributed by atoms with van der Waals surface area (Å²) in [6.07, 6.45) is 0. The molecule has 21 heavy (non-hydrogen) atoms. The Morgan fingerprint density at radius 3 is 2.38 bits per heavy atom. The molecule has 0 bridgehead atoms. The van der Waals surface area contributed by atoms with E-state index in [0.29, 0.717) is 5.92 Å². The number of halogens is 2. The van der Waals surface area contributed by atoms with Gasteiger partial charge in [0.2, 0.25) is 0 Å². The molecule has 0 heterocycles. The monoisotopic (exact) mass is 339 g/mol. The highest BCUT2D eigenvalue weighted by Gasteiger charge is 2.07. The number of rotatable bonds is 6. The molecule has 0 atom stereocenters. The molecule has 2 aromatic rings. The lowest BCUT2D eigenvalue weighted by molar-refractivity contribution is 0.552. The molecule has 4 heteroatoms. The Morgan fingerprint density at radius 1 is 1.00 bits per heavy atom. The van der Waals surface area contributed by atoms with E-state index >= 15 is 0 Å². The Morgan fingerprint density at radius 2 is 1.71 bits per heavy atom. The van der Waals surface area contributed by atoms with Gasteiger partial charge >= 0.3 is 0 Å². The maximum absolute atomic E-state index is 6.38. The maximum atomic E-state index is 6.38. The summed E-state index contributed by atoms with van der Waals surface area (Å²) >= 11 is 14.2. The normalized spacial score (nSPS) is 11.1. The molecule has 1 nitrogen and oxygen atoms in total. The Hall–Kier alpha value is -0.670. The summed E-state index contributed by atoms with van der Waals surface area (Å²) in [7, 11) is 0. The van der Waals surface area contributed by atoms with Crippen molar-refractivity contribution < 1.29 is 0 Å². The minimum Gasteiger partial charge on any atom is -0.312 e. The van der Waals surface area contributed by atoms with Crippen LogP contribution in [0.1, 0.15) is 19.4 Å².